The second-order valence-electron chi connectivity index (χ2n) is 8.17. The molecule has 3 rings (SSSR count). The number of amides is 1. The molecule has 26 heavy (non-hydrogen) atoms. The van der Waals surface area contributed by atoms with Crippen LogP contribution in [0.15, 0.2) is 12.5 Å². The van der Waals surface area contributed by atoms with E-state index in [0.29, 0.717) is 5.15 Å². The van der Waals surface area contributed by atoms with E-state index in [1.807, 2.05) is 27.0 Å². The van der Waals surface area contributed by atoms with E-state index < -0.39 is 5.60 Å². The maximum atomic E-state index is 12.1. The standard InChI is InChI=1S/C18H26ClN5O2/c1-17(2,3)26-16(25)23-18(4)5-7-24(8-6-18)10-12-9-20-15-13(12)14(19)21-11-22-15/h9,11H,5-8,10H2,1-4H3,(H,23,25)(H,20,21,22). The minimum Gasteiger partial charge on any atom is -0.444 e. The fourth-order valence-corrected chi connectivity index (χ4v) is 3.49. The van der Waals surface area contributed by atoms with Gasteiger partial charge in [0.2, 0.25) is 0 Å². The van der Waals surface area contributed by atoms with Gasteiger partial charge in [-0.05, 0) is 46.1 Å². The molecule has 1 amide bonds. The third-order valence-corrected chi connectivity index (χ3v) is 4.95. The Morgan fingerprint density at radius 1 is 1.38 bits per heavy atom. The number of halogens is 1. The molecule has 0 aromatic carbocycles. The number of carbonyl (C=O) groups is 1. The molecule has 0 aliphatic carbocycles. The van der Waals surface area contributed by atoms with Crippen LogP contribution in [0.4, 0.5) is 4.79 Å². The number of nitrogens with zero attached hydrogens (tertiary/aromatic N) is 3. The first kappa shape index (κ1) is 18.9. The lowest BCUT2D eigenvalue weighted by atomic mass is 9.89. The normalized spacial score (nSPS) is 18.0. The molecular weight excluding hydrogens is 354 g/mol. The highest BCUT2D eigenvalue weighted by Crippen LogP contribution is 2.27. The molecule has 0 atom stereocenters. The summed E-state index contributed by atoms with van der Waals surface area (Å²) in [6, 6.07) is 0. The number of rotatable bonds is 3. The fraction of sp³-hybridized carbons (Fsp3) is 0.611. The second kappa shape index (κ2) is 7.04. The first-order chi connectivity index (χ1) is 12.2. The van der Waals surface area contributed by atoms with Crippen LogP contribution in [-0.2, 0) is 11.3 Å². The van der Waals surface area contributed by atoms with E-state index in [4.69, 9.17) is 16.3 Å². The number of likely N-dealkylation sites (tertiary alicyclic amines) is 1. The average molecular weight is 380 g/mol. The lowest BCUT2D eigenvalue weighted by molar-refractivity contribution is 0.0402. The first-order valence-electron chi connectivity index (χ1n) is 8.85. The predicted octanol–water partition coefficient (Wildman–Crippen LogP) is 3.49. The number of hydrogen-bond donors (Lipinski definition) is 2. The molecule has 3 heterocycles. The molecule has 1 aliphatic rings. The minimum atomic E-state index is -0.488. The molecule has 1 saturated heterocycles. The molecule has 7 nitrogen and oxygen atoms in total. The zero-order chi connectivity index (χ0) is 18.9. The smallest absolute Gasteiger partial charge is 0.408 e. The molecule has 1 aliphatic heterocycles. The lowest BCUT2D eigenvalue weighted by Crippen LogP contribution is -2.54. The predicted molar refractivity (Wildman–Crippen MR) is 101 cm³/mol. The SMILES string of the molecule is CC1(NC(=O)OC(C)(C)C)CCN(Cc2c[nH]c3ncnc(Cl)c23)CC1. The van der Waals surface area contributed by atoms with Crippen molar-refractivity contribution in [1.29, 1.82) is 0 Å². The van der Waals surface area contributed by atoms with Gasteiger partial charge in [0.15, 0.2) is 0 Å². The Hall–Kier alpha value is -1.86. The third kappa shape index (κ3) is 4.45. The fourth-order valence-electron chi connectivity index (χ4n) is 3.23. The van der Waals surface area contributed by atoms with E-state index >= 15 is 0 Å². The highest BCUT2D eigenvalue weighted by Gasteiger charge is 2.33. The van der Waals surface area contributed by atoms with Crippen LogP contribution >= 0.6 is 11.6 Å². The van der Waals surface area contributed by atoms with E-state index in [1.54, 1.807) is 0 Å². The van der Waals surface area contributed by atoms with E-state index in [-0.39, 0.29) is 11.6 Å². The van der Waals surface area contributed by atoms with Gasteiger partial charge >= 0.3 is 6.09 Å². The molecule has 0 spiro atoms. The number of ether oxygens (including phenoxy) is 1. The number of alkyl carbamates (subject to hydrolysis) is 1. The number of carbonyl (C=O) groups excluding carboxylic acids is 1. The van der Waals surface area contributed by atoms with Gasteiger partial charge in [0.25, 0.3) is 0 Å². The van der Waals surface area contributed by atoms with Crippen molar-refractivity contribution in [2.24, 2.45) is 0 Å². The van der Waals surface area contributed by atoms with Gasteiger partial charge < -0.3 is 15.0 Å². The van der Waals surface area contributed by atoms with Gasteiger partial charge in [-0.2, -0.15) is 0 Å². The zero-order valence-electron chi connectivity index (χ0n) is 15.7. The summed E-state index contributed by atoms with van der Waals surface area (Å²) >= 11 is 6.23. The average Bonchev–Trinajstić information content (AvgIpc) is 2.92. The van der Waals surface area contributed by atoms with Crippen LogP contribution in [-0.4, -0.2) is 50.2 Å². The van der Waals surface area contributed by atoms with Gasteiger partial charge in [0.05, 0.1) is 5.39 Å². The summed E-state index contributed by atoms with van der Waals surface area (Å²) in [5, 5.41) is 4.39. The molecule has 0 unspecified atom stereocenters. The second-order valence-corrected chi connectivity index (χ2v) is 8.52. The Kier molecular flexibility index (Phi) is 5.12. The number of piperidine rings is 1. The van der Waals surface area contributed by atoms with Crippen LogP contribution in [0.25, 0.3) is 11.0 Å². The summed E-state index contributed by atoms with van der Waals surface area (Å²) < 4.78 is 5.38. The number of hydrogen-bond acceptors (Lipinski definition) is 5. The van der Waals surface area contributed by atoms with Gasteiger partial charge in [0.1, 0.15) is 22.7 Å². The summed E-state index contributed by atoms with van der Waals surface area (Å²) in [7, 11) is 0. The summed E-state index contributed by atoms with van der Waals surface area (Å²) in [4.78, 5) is 25.9. The first-order valence-corrected chi connectivity index (χ1v) is 9.23. The quantitative estimate of drug-likeness (QED) is 0.797. The molecule has 8 heteroatoms. The van der Waals surface area contributed by atoms with Crippen molar-refractivity contribution < 1.29 is 9.53 Å². The van der Waals surface area contributed by atoms with Crippen molar-refractivity contribution in [3.05, 3.63) is 23.2 Å². The van der Waals surface area contributed by atoms with Gasteiger partial charge in [-0.3, -0.25) is 4.90 Å². The van der Waals surface area contributed by atoms with Gasteiger partial charge in [0, 0.05) is 31.4 Å². The molecule has 2 aromatic rings. The summed E-state index contributed by atoms with van der Waals surface area (Å²) in [5.41, 5.74) is 1.11. The number of H-pyrrole nitrogens is 1. The Balaban J connectivity index is 1.59. The number of nitrogens with one attached hydrogen (secondary N) is 2. The van der Waals surface area contributed by atoms with Crippen molar-refractivity contribution in [1.82, 2.24) is 25.2 Å². The summed E-state index contributed by atoms with van der Waals surface area (Å²) in [6.07, 6.45) is 4.77. The van der Waals surface area contributed by atoms with Crippen LogP contribution in [0.3, 0.4) is 0 Å². The van der Waals surface area contributed by atoms with Gasteiger partial charge in [-0.15, -0.1) is 0 Å². The van der Waals surface area contributed by atoms with Crippen molar-refractivity contribution in [2.45, 2.75) is 58.2 Å². The van der Waals surface area contributed by atoms with Crippen LogP contribution in [0.5, 0.6) is 0 Å². The molecule has 0 saturated carbocycles. The van der Waals surface area contributed by atoms with Crippen LogP contribution in [0.2, 0.25) is 5.15 Å². The van der Waals surface area contributed by atoms with Crippen molar-refractivity contribution in [3.8, 4) is 0 Å². The Morgan fingerprint density at radius 3 is 2.73 bits per heavy atom. The zero-order valence-corrected chi connectivity index (χ0v) is 16.5. The lowest BCUT2D eigenvalue weighted by Gasteiger charge is -2.40. The number of fused-ring (bicyclic) bond motifs is 1. The summed E-state index contributed by atoms with van der Waals surface area (Å²) in [6.45, 7) is 10.2. The van der Waals surface area contributed by atoms with Crippen molar-refractivity contribution >= 4 is 28.7 Å². The minimum absolute atomic E-state index is 0.250. The topological polar surface area (TPSA) is 83.1 Å². The molecule has 2 aromatic heterocycles. The van der Waals surface area contributed by atoms with Crippen LogP contribution in [0.1, 0.15) is 46.1 Å². The molecular formula is C18H26ClN5O2. The number of aromatic amines is 1. The molecule has 142 valence electrons. The molecule has 0 radical (unpaired) electrons. The molecule has 2 N–H and O–H groups in total. The van der Waals surface area contributed by atoms with Gasteiger partial charge in [-0.25, -0.2) is 14.8 Å². The van der Waals surface area contributed by atoms with E-state index in [9.17, 15) is 4.79 Å². The van der Waals surface area contributed by atoms with E-state index in [2.05, 4.69) is 32.1 Å². The third-order valence-electron chi connectivity index (χ3n) is 4.66. The highest BCUT2D eigenvalue weighted by atomic mass is 35.5. The van der Waals surface area contributed by atoms with Gasteiger partial charge in [-0.1, -0.05) is 11.6 Å². The Labute approximate surface area is 158 Å². The highest BCUT2D eigenvalue weighted by molar-refractivity contribution is 6.34. The van der Waals surface area contributed by atoms with Crippen molar-refractivity contribution in [3.63, 3.8) is 0 Å². The van der Waals surface area contributed by atoms with E-state index in [0.717, 1.165) is 49.1 Å². The summed E-state index contributed by atoms with van der Waals surface area (Å²) in [5.74, 6) is 0. The Morgan fingerprint density at radius 2 is 2.08 bits per heavy atom. The molecule has 1 fully saturated rings. The molecule has 0 bridgehead atoms. The van der Waals surface area contributed by atoms with E-state index in [1.165, 1.54) is 6.33 Å². The maximum Gasteiger partial charge on any atom is 0.408 e. The maximum absolute atomic E-state index is 12.1. The van der Waals surface area contributed by atoms with Crippen LogP contribution < -0.4 is 5.32 Å². The van der Waals surface area contributed by atoms with Crippen LogP contribution in [0, 0.1) is 0 Å². The Bertz CT molecular complexity index is 790. The largest absolute Gasteiger partial charge is 0.444 e. The monoisotopic (exact) mass is 379 g/mol. The number of aromatic nitrogens is 3. The van der Waals surface area contributed by atoms with Crippen molar-refractivity contribution in [2.75, 3.05) is 13.1 Å².